The lowest BCUT2D eigenvalue weighted by Gasteiger charge is -2.29. The molecule has 8 heteroatoms. The Bertz CT molecular complexity index is 1350. The predicted molar refractivity (Wildman–Crippen MR) is 154 cm³/mol. The minimum atomic E-state index is -0.874. The van der Waals surface area contributed by atoms with Crippen molar-refractivity contribution in [1.29, 1.82) is 0 Å². The molecule has 2 heterocycles. The van der Waals surface area contributed by atoms with E-state index in [9.17, 15) is 4.79 Å². The topological polar surface area (TPSA) is 69.2 Å². The van der Waals surface area contributed by atoms with E-state index in [4.69, 9.17) is 21.9 Å². The van der Waals surface area contributed by atoms with Crippen molar-refractivity contribution < 1.29 is 9.53 Å². The van der Waals surface area contributed by atoms with Crippen LogP contribution in [0.3, 0.4) is 0 Å². The number of likely N-dealkylation sites (N-methyl/N-ethyl adjacent to an activating group) is 1. The fourth-order valence-corrected chi connectivity index (χ4v) is 4.92. The maximum atomic E-state index is 13.5. The molecule has 0 bridgehead atoms. The summed E-state index contributed by atoms with van der Waals surface area (Å²) in [7, 11) is 1.78. The second-order valence-corrected chi connectivity index (χ2v) is 9.77. The van der Waals surface area contributed by atoms with E-state index in [1.165, 1.54) is 0 Å². The third kappa shape index (κ3) is 5.35. The van der Waals surface area contributed by atoms with E-state index in [0.29, 0.717) is 5.11 Å². The molecule has 2 N–H and O–H groups in total. The zero-order chi connectivity index (χ0) is 25.9. The fourth-order valence-electron chi connectivity index (χ4n) is 4.70. The quantitative estimate of drug-likeness (QED) is 0.508. The van der Waals surface area contributed by atoms with Gasteiger partial charge in [-0.3, -0.25) is 4.79 Å². The van der Waals surface area contributed by atoms with Crippen LogP contribution >= 0.6 is 12.2 Å². The number of amides is 1. The molecule has 3 aromatic carbocycles. The summed E-state index contributed by atoms with van der Waals surface area (Å²) in [5.41, 5.74) is 7.64. The normalized spacial score (nSPS) is 17.5. The van der Waals surface area contributed by atoms with E-state index in [0.717, 1.165) is 71.3 Å². The lowest BCUT2D eigenvalue weighted by Crippen LogP contribution is -2.47. The van der Waals surface area contributed by atoms with Gasteiger partial charge in [-0.15, -0.1) is 0 Å². The number of ether oxygens (including phenoxy) is 1. The molecule has 3 aromatic rings. The largest absolute Gasteiger partial charge is 0.378 e. The van der Waals surface area contributed by atoms with Gasteiger partial charge in [0.1, 0.15) is 0 Å². The first-order chi connectivity index (χ1) is 17.9. The Morgan fingerprint density at radius 2 is 1.78 bits per heavy atom. The van der Waals surface area contributed by atoms with Gasteiger partial charge in [-0.2, -0.15) is 0 Å². The van der Waals surface area contributed by atoms with E-state index in [1.807, 2.05) is 62.4 Å². The molecule has 2 aliphatic rings. The lowest BCUT2D eigenvalue weighted by molar-refractivity contribution is -0.119. The van der Waals surface area contributed by atoms with Crippen molar-refractivity contribution in [2.75, 3.05) is 48.5 Å². The summed E-state index contributed by atoms with van der Waals surface area (Å²) in [6.45, 7) is 7.33. The van der Waals surface area contributed by atoms with Crippen LogP contribution in [0.1, 0.15) is 22.3 Å². The van der Waals surface area contributed by atoms with Crippen LogP contribution in [0.5, 0.6) is 0 Å². The fraction of sp³-hybridized carbons (Fsp3) is 0.276. The van der Waals surface area contributed by atoms with Crippen LogP contribution < -0.4 is 20.4 Å². The summed E-state index contributed by atoms with van der Waals surface area (Å²) in [5.74, 6) is -0.181. The molecular formula is C29H31N5O2S. The van der Waals surface area contributed by atoms with Gasteiger partial charge >= 0.3 is 0 Å². The first-order valence-electron chi connectivity index (χ1n) is 12.4. The van der Waals surface area contributed by atoms with Crippen LogP contribution in [0.15, 0.2) is 71.7 Å². The molecule has 1 unspecified atom stereocenters. The molecule has 37 heavy (non-hydrogen) atoms. The Morgan fingerprint density at radius 1 is 1.03 bits per heavy atom. The van der Waals surface area contributed by atoms with Crippen molar-refractivity contribution in [2.45, 2.75) is 20.0 Å². The number of fused-ring (bicyclic) bond motifs is 1. The number of aryl methyl sites for hydroxylation is 2. The maximum absolute atomic E-state index is 13.5. The van der Waals surface area contributed by atoms with E-state index < -0.39 is 6.17 Å². The van der Waals surface area contributed by atoms with Gasteiger partial charge in [-0.1, -0.05) is 42.0 Å². The first kappa shape index (κ1) is 24.9. The molecule has 1 saturated heterocycles. The van der Waals surface area contributed by atoms with Gasteiger partial charge in [0.25, 0.3) is 5.91 Å². The minimum Gasteiger partial charge on any atom is -0.378 e. The Morgan fingerprint density at radius 3 is 2.51 bits per heavy atom. The zero-order valence-corrected chi connectivity index (χ0v) is 22.1. The summed E-state index contributed by atoms with van der Waals surface area (Å²) in [6.07, 6.45) is -0.874. The standard InChI is InChI=1S/C29H31N5O2S/c1-19-9-12-25-23(17-19)26(21-7-5-4-6-8-21)31-27(28(35)33(25)3)32-29(37)30-24-11-10-22(18-20(24)2)34-13-15-36-16-14-34/h4-12,17-18,27H,13-16H2,1-3H3,(H2,30,32,37). The summed E-state index contributed by atoms with van der Waals surface area (Å²) in [6, 6.07) is 22.2. The van der Waals surface area contributed by atoms with Gasteiger partial charge in [0.2, 0.25) is 6.17 Å². The molecule has 1 amide bonds. The van der Waals surface area contributed by atoms with Gasteiger partial charge < -0.3 is 25.2 Å². The monoisotopic (exact) mass is 513 g/mol. The molecule has 5 rings (SSSR count). The van der Waals surface area contributed by atoms with E-state index in [1.54, 1.807) is 11.9 Å². The zero-order valence-electron chi connectivity index (χ0n) is 21.3. The number of benzodiazepines with no additional fused rings is 1. The number of benzene rings is 3. The number of aliphatic imine (C=N–C) groups is 1. The number of hydrogen-bond donors (Lipinski definition) is 2. The molecule has 2 aliphatic heterocycles. The highest BCUT2D eigenvalue weighted by Crippen LogP contribution is 2.29. The summed E-state index contributed by atoms with van der Waals surface area (Å²) >= 11 is 5.64. The van der Waals surface area contributed by atoms with Gasteiger partial charge in [-0.05, 0) is 62.0 Å². The van der Waals surface area contributed by atoms with Crippen molar-refractivity contribution in [3.63, 3.8) is 0 Å². The number of thiocarbonyl (C=S) groups is 1. The Hall–Kier alpha value is -3.75. The number of rotatable bonds is 4. The highest BCUT2D eigenvalue weighted by atomic mass is 32.1. The molecule has 1 atom stereocenters. The Labute approximate surface area is 223 Å². The smallest absolute Gasteiger partial charge is 0.272 e. The van der Waals surface area contributed by atoms with Crippen molar-refractivity contribution >= 4 is 46.0 Å². The second kappa shape index (κ2) is 10.7. The molecule has 7 nitrogen and oxygen atoms in total. The number of nitrogens with zero attached hydrogens (tertiary/aromatic N) is 3. The summed E-state index contributed by atoms with van der Waals surface area (Å²) in [4.78, 5) is 22.4. The van der Waals surface area contributed by atoms with E-state index in [2.05, 4.69) is 33.7 Å². The summed E-state index contributed by atoms with van der Waals surface area (Å²) < 4.78 is 5.47. The third-order valence-electron chi connectivity index (χ3n) is 6.74. The Kier molecular flexibility index (Phi) is 7.21. The predicted octanol–water partition coefficient (Wildman–Crippen LogP) is 4.27. The molecule has 0 aromatic heterocycles. The van der Waals surface area contributed by atoms with Crippen LogP contribution in [-0.2, 0) is 9.53 Å². The number of morpholine rings is 1. The highest BCUT2D eigenvalue weighted by Gasteiger charge is 2.30. The maximum Gasteiger partial charge on any atom is 0.272 e. The molecule has 1 fully saturated rings. The SMILES string of the molecule is Cc1ccc2c(c1)C(c1ccccc1)=NC(NC(=S)Nc1ccc(N3CCOCC3)cc1C)C(=O)N2C. The number of carbonyl (C=O) groups is 1. The van der Waals surface area contributed by atoms with Crippen molar-refractivity contribution in [1.82, 2.24) is 5.32 Å². The molecular weight excluding hydrogens is 482 g/mol. The lowest BCUT2D eigenvalue weighted by atomic mass is 9.98. The Balaban J connectivity index is 1.40. The average molecular weight is 514 g/mol. The highest BCUT2D eigenvalue weighted by molar-refractivity contribution is 7.80. The van der Waals surface area contributed by atoms with Gasteiger partial charge in [0.15, 0.2) is 5.11 Å². The minimum absolute atomic E-state index is 0.181. The summed E-state index contributed by atoms with van der Waals surface area (Å²) in [5, 5.41) is 6.76. The second-order valence-electron chi connectivity index (χ2n) is 9.36. The molecule has 0 radical (unpaired) electrons. The average Bonchev–Trinajstić information content (AvgIpc) is 3.01. The van der Waals surface area contributed by atoms with Gasteiger partial charge in [-0.25, -0.2) is 4.99 Å². The number of carbonyl (C=O) groups excluding carboxylic acids is 1. The van der Waals surface area contributed by atoms with Crippen molar-refractivity contribution in [2.24, 2.45) is 4.99 Å². The molecule has 0 spiro atoms. The van der Waals surface area contributed by atoms with Gasteiger partial charge in [0.05, 0.1) is 24.6 Å². The van der Waals surface area contributed by atoms with Crippen LogP contribution in [0.4, 0.5) is 17.1 Å². The number of anilines is 3. The molecule has 190 valence electrons. The van der Waals surface area contributed by atoms with Crippen molar-refractivity contribution in [3.8, 4) is 0 Å². The van der Waals surface area contributed by atoms with Crippen molar-refractivity contribution in [3.05, 3.63) is 89.0 Å². The molecule has 0 saturated carbocycles. The molecule has 0 aliphatic carbocycles. The van der Waals surface area contributed by atoms with E-state index in [-0.39, 0.29) is 5.91 Å². The first-order valence-corrected chi connectivity index (χ1v) is 12.8. The number of nitrogens with one attached hydrogen (secondary N) is 2. The van der Waals surface area contributed by atoms with Crippen LogP contribution in [0.2, 0.25) is 0 Å². The van der Waals surface area contributed by atoms with Crippen LogP contribution in [0, 0.1) is 13.8 Å². The number of hydrogen-bond acceptors (Lipinski definition) is 5. The van der Waals surface area contributed by atoms with Gasteiger partial charge in [0, 0.05) is 42.6 Å². The van der Waals surface area contributed by atoms with E-state index >= 15 is 0 Å². The van der Waals surface area contributed by atoms with Crippen LogP contribution in [-0.4, -0.2) is 56.2 Å². The third-order valence-corrected chi connectivity index (χ3v) is 6.96. The van der Waals surface area contributed by atoms with Crippen LogP contribution in [0.25, 0.3) is 0 Å².